The Hall–Kier alpha value is -0.610. The molecule has 1 fully saturated rings. The van der Waals surface area contributed by atoms with Gasteiger partial charge in [0.05, 0.1) is 12.1 Å². The number of nitrogens with two attached hydrogens (primary N) is 1. The van der Waals surface area contributed by atoms with Crippen molar-refractivity contribution in [1.29, 1.82) is 0 Å². The predicted octanol–water partition coefficient (Wildman–Crippen LogP) is 1.42. The number of hydrogen-bond acceptors (Lipinski definition) is 3. The van der Waals surface area contributed by atoms with Crippen molar-refractivity contribution in [1.82, 2.24) is 5.32 Å². The molecule has 0 radical (unpaired) electrons. The first kappa shape index (κ1) is 15.4. The van der Waals surface area contributed by atoms with Crippen molar-refractivity contribution in [2.75, 3.05) is 13.2 Å². The summed E-state index contributed by atoms with van der Waals surface area (Å²) < 4.78 is 0. The van der Waals surface area contributed by atoms with Gasteiger partial charge in [-0.1, -0.05) is 20.3 Å². The normalized spacial score (nSPS) is 29.9. The van der Waals surface area contributed by atoms with Gasteiger partial charge in [-0.25, -0.2) is 0 Å². The molecule has 0 heterocycles. The van der Waals surface area contributed by atoms with E-state index in [-0.39, 0.29) is 24.0 Å². The van der Waals surface area contributed by atoms with Gasteiger partial charge in [-0.15, -0.1) is 0 Å². The maximum absolute atomic E-state index is 12.0. The summed E-state index contributed by atoms with van der Waals surface area (Å²) in [6.45, 7) is 4.87. The molecule has 0 aromatic rings. The van der Waals surface area contributed by atoms with E-state index in [0.717, 1.165) is 32.1 Å². The van der Waals surface area contributed by atoms with Crippen LogP contribution in [-0.4, -0.2) is 29.7 Å². The van der Waals surface area contributed by atoms with Crippen LogP contribution in [0.4, 0.5) is 0 Å². The van der Waals surface area contributed by atoms with Gasteiger partial charge in [-0.2, -0.15) is 0 Å². The molecule has 1 amide bonds. The van der Waals surface area contributed by atoms with Crippen molar-refractivity contribution < 1.29 is 9.90 Å². The highest BCUT2D eigenvalue weighted by molar-refractivity contribution is 5.77. The van der Waals surface area contributed by atoms with Gasteiger partial charge in [0.25, 0.3) is 0 Å². The molecule has 1 atom stereocenters. The molecule has 106 valence electrons. The summed E-state index contributed by atoms with van der Waals surface area (Å²) in [7, 11) is 0. The summed E-state index contributed by atoms with van der Waals surface area (Å²) in [6.07, 6.45) is 5.33. The molecular weight excluding hydrogens is 228 g/mol. The van der Waals surface area contributed by atoms with Crippen molar-refractivity contribution >= 4 is 5.91 Å². The van der Waals surface area contributed by atoms with Crippen LogP contribution in [0.2, 0.25) is 0 Å². The maximum atomic E-state index is 12.0. The second kappa shape index (κ2) is 7.10. The average Bonchev–Trinajstić information content (AvgIpc) is 2.39. The van der Waals surface area contributed by atoms with Crippen molar-refractivity contribution in [3.63, 3.8) is 0 Å². The Balaban J connectivity index is 2.49. The van der Waals surface area contributed by atoms with Crippen molar-refractivity contribution in [3.05, 3.63) is 0 Å². The Bertz CT molecular complexity index is 257. The standard InChI is InChI=1S/C14H28N2O2/c1-3-12(9-15)8-13(18)16-14(10-17)6-4-11(2)5-7-14/h11-12,17H,3-10,15H2,1-2H3,(H,16,18). The number of aliphatic hydroxyl groups excluding tert-OH is 1. The van der Waals surface area contributed by atoms with E-state index in [0.29, 0.717) is 18.9 Å². The molecule has 0 aromatic carbocycles. The van der Waals surface area contributed by atoms with Gasteiger partial charge >= 0.3 is 0 Å². The summed E-state index contributed by atoms with van der Waals surface area (Å²) >= 11 is 0. The Kier molecular flexibility index (Phi) is 6.09. The smallest absolute Gasteiger partial charge is 0.220 e. The molecule has 4 N–H and O–H groups in total. The number of hydrogen-bond donors (Lipinski definition) is 3. The van der Waals surface area contributed by atoms with Crippen molar-refractivity contribution in [3.8, 4) is 0 Å². The monoisotopic (exact) mass is 256 g/mol. The van der Waals surface area contributed by atoms with Gasteiger partial charge in [0.2, 0.25) is 5.91 Å². The molecule has 1 saturated carbocycles. The number of nitrogens with one attached hydrogen (secondary N) is 1. The molecule has 1 rings (SSSR count). The Morgan fingerprint density at radius 3 is 2.56 bits per heavy atom. The highest BCUT2D eigenvalue weighted by Crippen LogP contribution is 2.31. The number of amides is 1. The first-order chi connectivity index (χ1) is 8.55. The van der Waals surface area contributed by atoms with Crippen LogP contribution in [0.1, 0.15) is 52.4 Å². The third-order valence-electron chi connectivity index (χ3n) is 4.32. The summed E-state index contributed by atoms with van der Waals surface area (Å²) in [5.74, 6) is 0.994. The third-order valence-corrected chi connectivity index (χ3v) is 4.32. The van der Waals surface area contributed by atoms with Crippen LogP contribution < -0.4 is 11.1 Å². The largest absolute Gasteiger partial charge is 0.394 e. The zero-order valence-corrected chi connectivity index (χ0v) is 11.7. The molecule has 0 aromatic heterocycles. The first-order valence-electron chi connectivity index (χ1n) is 7.17. The van der Waals surface area contributed by atoms with E-state index in [9.17, 15) is 9.90 Å². The van der Waals surface area contributed by atoms with E-state index in [2.05, 4.69) is 19.2 Å². The molecule has 0 spiro atoms. The van der Waals surface area contributed by atoms with E-state index >= 15 is 0 Å². The average molecular weight is 256 g/mol. The molecule has 4 nitrogen and oxygen atoms in total. The van der Waals surface area contributed by atoms with Crippen LogP contribution in [0.15, 0.2) is 0 Å². The van der Waals surface area contributed by atoms with Crippen LogP contribution in [0, 0.1) is 11.8 Å². The van der Waals surface area contributed by atoms with Crippen molar-refractivity contribution in [2.45, 2.75) is 57.9 Å². The van der Waals surface area contributed by atoms with Crippen molar-refractivity contribution in [2.24, 2.45) is 17.6 Å². The first-order valence-corrected chi connectivity index (χ1v) is 7.17. The van der Waals surface area contributed by atoms with E-state index < -0.39 is 0 Å². The Labute approximate surface area is 110 Å². The zero-order chi connectivity index (χ0) is 13.6. The molecule has 1 aliphatic rings. The fourth-order valence-electron chi connectivity index (χ4n) is 2.64. The van der Waals surface area contributed by atoms with Gasteiger partial charge in [0.1, 0.15) is 0 Å². The van der Waals surface area contributed by atoms with E-state index in [1.165, 1.54) is 0 Å². The van der Waals surface area contributed by atoms with Gasteiger partial charge < -0.3 is 16.2 Å². The highest BCUT2D eigenvalue weighted by atomic mass is 16.3. The number of carbonyl (C=O) groups is 1. The lowest BCUT2D eigenvalue weighted by molar-refractivity contribution is -0.125. The summed E-state index contributed by atoms with van der Waals surface area (Å²) in [5, 5.41) is 12.6. The zero-order valence-electron chi connectivity index (χ0n) is 11.7. The van der Waals surface area contributed by atoms with Gasteiger partial charge in [-0.3, -0.25) is 4.79 Å². The van der Waals surface area contributed by atoms with Crippen LogP contribution in [-0.2, 0) is 4.79 Å². The number of carbonyl (C=O) groups excluding carboxylic acids is 1. The second-order valence-electron chi connectivity index (χ2n) is 5.88. The molecule has 0 aliphatic heterocycles. The van der Waals surface area contributed by atoms with Crippen LogP contribution in [0.25, 0.3) is 0 Å². The van der Waals surface area contributed by atoms with E-state index in [4.69, 9.17) is 5.73 Å². The minimum absolute atomic E-state index is 0.0379. The fraction of sp³-hybridized carbons (Fsp3) is 0.929. The van der Waals surface area contributed by atoms with Gasteiger partial charge in [0, 0.05) is 6.42 Å². The molecule has 1 aliphatic carbocycles. The summed E-state index contributed by atoms with van der Waals surface area (Å²) in [5.41, 5.74) is 5.24. The molecule has 1 unspecified atom stereocenters. The Morgan fingerprint density at radius 2 is 2.11 bits per heavy atom. The Morgan fingerprint density at radius 1 is 1.50 bits per heavy atom. The molecule has 0 saturated heterocycles. The molecular formula is C14H28N2O2. The van der Waals surface area contributed by atoms with E-state index in [1.54, 1.807) is 0 Å². The minimum atomic E-state index is -0.378. The third kappa shape index (κ3) is 4.25. The fourth-order valence-corrected chi connectivity index (χ4v) is 2.64. The molecule has 18 heavy (non-hydrogen) atoms. The lowest BCUT2D eigenvalue weighted by Gasteiger charge is -2.39. The van der Waals surface area contributed by atoms with Crippen LogP contribution >= 0.6 is 0 Å². The van der Waals surface area contributed by atoms with Gasteiger partial charge in [-0.05, 0) is 44.1 Å². The minimum Gasteiger partial charge on any atom is -0.394 e. The molecule has 4 heteroatoms. The maximum Gasteiger partial charge on any atom is 0.220 e. The van der Waals surface area contributed by atoms with Crippen LogP contribution in [0.3, 0.4) is 0 Å². The lowest BCUT2D eigenvalue weighted by Crippen LogP contribution is -2.53. The van der Waals surface area contributed by atoms with Gasteiger partial charge in [0.15, 0.2) is 0 Å². The second-order valence-corrected chi connectivity index (χ2v) is 5.88. The topological polar surface area (TPSA) is 75.4 Å². The van der Waals surface area contributed by atoms with E-state index in [1.807, 2.05) is 0 Å². The predicted molar refractivity (Wildman–Crippen MR) is 73.0 cm³/mol. The number of rotatable bonds is 6. The highest BCUT2D eigenvalue weighted by Gasteiger charge is 2.35. The summed E-state index contributed by atoms with van der Waals surface area (Å²) in [6, 6.07) is 0. The van der Waals surface area contributed by atoms with Crippen LogP contribution in [0.5, 0.6) is 0 Å². The lowest BCUT2D eigenvalue weighted by atomic mass is 9.77. The SMILES string of the molecule is CCC(CN)CC(=O)NC1(CO)CCC(C)CC1. The quantitative estimate of drug-likeness (QED) is 0.673. The number of aliphatic hydroxyl groups is 1. The molecule has 0 bridgehead atoms. The summed E-state index contributed by atoms with van der Waals surface area (Å²) in [4.78, 5) is 12.0.